The van der Waals surface area contributed by atoms with Crippen LogP contribution in [0, 0.1) is 11.6 Å². The van der Waals surface area contributed by atoms with Gasteiger partial charge in [-0.3, -0.25) is 0 Å². The molecule has 0 amide bonds. The summed E-state index contributed by atoms with van der Waals surface area (Å²) in [5, 5.41) is 2.34. The van der Waals surface area contributed by atoms with E-state index in [4.69, 9.17) is 0 Å². The van der Waals surface area contributed by atoms with Crippen LogP contribution < -0.4 is 10.4 Å². The fourth-order valence-corrected chi connectivity index (χ4v) is 6.71. The van der Waals surface area contributed by atoms with E-state index in [1.165, 1.54) is 34.6 Å². The SMILES string of the molecule is C[Si](CCCn1ccnc1)(c1ccc(F)cc1)c1ccc(F)cc1. The second kappa shape index (κ2) is 7.09. The van der Waals surface area contributed by atoms with Crippen LogP contribution in [0.15, 0.2) is 67.3 Å². The zero-order valence-electron chi connectivity index (χ0n) is 13.6. The summed E-state index contributed by atoms with van der Waals surface area (Å²) in [5.41, 5.74) is 0. The molecule has 0 fully saturated rings. The van der Waals surface area contributed by atoms with E-state index >= 15 is 0 Å². The maximum absolute atomic E-state index is 13.3. The van der Waals surface area contributed by atoms with Crippen molar-refractivity contribution in [1.29, 1.82) is 0 Å². The Morgan fingerprint density at radius 1 is 0.917 bits per heavy atom. The highest BCUT2D eigenvalue weighted by Crippen LogP contribution is 2.15. The molecule has 2 aromatic carbocycles. The van der Waals surface area contributed by atoms with E-state index in [9.17, 15) is 8.78 Å². The minimum Gasteiger partial charge on any atom is -0.338 e. The van der Waals surface area contributed by atoms with Gasteiger partial charge in [-0.1, -0.05) is 41.2 Å². The van der Waals surface area contributed by atoms with Gasteiger partial charge in [0.05, 0.1) is 6.33 Å². The van der Waals surface area contributed by atoms with Gasteiger partial charge in [0.1, 0.15) is 19.7 Å². The zero-order valence-corrected chi connectivity index (χ0v) is 14.6. The number of nitrogens with zero attached hydrogens (tertiary/aromatic N) is 2. The molecule has 3 aromatic rings. The van der Waals surface area contributed by atoms with Gasteiger partial charge in [-0.15, -0.1) is 0 Å². The first-order valence-electron chi connectivity index (χ1n) is 8.06. The molecule has 0 atom stereocenters. The van der Waals surface area contributed by atoms with Crippen molar-refractivity contribution in [2.24, 2.45) is 0 Å². The van der Waals surface area contributed by atoms with Gasteiger partial charge in [-0.2, -0.15) is 0 Å². The number of aromatic nitrogens is 2. The Labute approximate surface area is 141 Å². The van der Waals surface area contributed by atoms with E-state index in [-0.39, 0.29) is 11.6 Å². The van der Waals surface area contributed by atoms with Crippen molar-refractivity contribution in [2.45, 2.75) is 25.6 Å². The number of rotatable bonds is 6. The molecule has 1 heterocycles. The van der Waals surface area contributed by atoms with Gasteiger partial charge in [0.2, 0.25) is 0 Å². The van der Waals surface area contributed by atoms with Crippen LogP contribution in [-0.2, 0) is 6.54 Å². The number of hydrogen-bond acceptors (Lipinski definition) is 1. The van der Waals surface area contributed by atoms with Crippen LogP contribution in [0.4, 0.5) is 8.78 Å². The third-order valence-corrected chi connectivity index (χ3v) is 9.18. The highest BCUT2D eigenvalue weighted by Gasteiger charge is 2.31. The van der Waals surface area contributed by atoms with Gasteiger partial charge in [0.25, 0.3) is 0 Å². The summed E-state index contributed by atoms with van der Waals surface area (Å²) in [6, 6.07) is 14.6. The Hall–Kier alpha value is -2.27. The number of benzene rings is 2. The van der Waals surface area contributed by atoms with Gasteiger partial charge < -0.3 is 4.57 Å². The third kappa shape index (κ3) is 3.62. The molecule has 0 bridgehead atoms. The molecule has 0 unspecified atom stereocenters. The van der Waals surface area contributed by atoms with Crippen LogP contribution in [0.2, 0.25) is 12.6 Å². The summed E-state index contributed by atoms with van der Waals surface area (Å²) < 4.78 is 28.7. The summed E-state index contributed by atoms with van der Waals surface area (Å²) in [6.45, 7) is 3.16. The minimum absolute atomic E-state index is 0.229. The number of imidazole rings is 1. The summed E-state index contributed by atoms with van der Waals surface area (Å²) in [6.07, 6.45) is 6.54. The predicted molar refractivity (Wildman–Crippen MR) is 95.3 cm³/mol. The number of hydrogen-bond donors (Lipinski definition) is 0. The summed E-state index contributed by atoms with van der Waals surface area (Å²) in [5.74, 6) is -0.458. The van der Waals surface area contributed by atoms with Crippen LogP contribution >= 0.6 is 0 Å². The third-order valence-electron chi connectivity index (χ3n) is 4.61. The van der Waals surface area contributed by atoms with Crippen LogP contribution in [0.5, 0.6) is 0 Å². The number of halogens is 2. The molecule has 1 aromatic heterocycles. The first kappa shape index (κ1) is 16.6. The lowest BCUT2D eigenvalue weighted by atomic mass is 10.3. The average Bonchev–Trinajstić information content (AvgIpc) is 3.09. The minimum atomic E-state index is -2.05. The van der Waals surface area contributed by atoms with E-state index in [0.29, 0.717) is 0 Å². The molecule has 0 aliphatic heterocycles. The molecule has 0 saturated carbocycles. The van der Waals surface area contributed by atoms with E-state index in [1.807, 2.05) is 36.8 Å². The molecule has 0 saturated heterocycles. The Kier molecular flexibility index (Phi) is 4.90. The van der Waals surface area contributed by atoms with Crippen molar-refractivity contribution in [3.05, 3.63) is 78.9 Å². The Balaban J connectivity index is 1.87. The molecule has 0 radical (unpaired) electrons. The Morgan fingerprint density at radius 2 is 1.46 bits per heavy atom. The standard InChI is InChI=1S/C19H20F2N2Si/c1-24(18-7-3-16(20)4-8-18,19-9-5-17(21)6-10-19)14-2-12-23-13-11-22-15-23/h3-11,13,15H,2,12,14H2,1H3. The lowest BCUT2D eigenvalue weighted by Crippen LogP contribution is -2.55. The van der Waals surface area contributed by atoms with E-state index < -0.39 is 8.07 Å². The van der Waals surface area contributed by atoms with Gasteiger partial charge >= 0.3 is 0 Å². The van der Waals surface area contributed by atoms with Crippen molar-refractivity contribution in [3.63, 3.8) is 0 Å². The second-order valence-corrected chi connectivity index (χ2v) is 10.6. The van der Waals surface area contributed by atoms with Crippen molar-refractivity contribution in [2.75, 3.05) is 0 Å². The van der Waals surface area contributed by atoms with Crippen molar-refractivity contribution in [3.8, 4) is 0 Å². The maximum atomic E-state index is 13.3. The molecule has 24 heavy (non-hydrogen) atoms. The normalized spacial score (nSPS) is 11.6. The Bertz CT molecular complexity index is 723. The molecule has 2 nitrogen and oxygen atoms in total. The fraction of sp³-hybridized carbons (Fsp3) is 0.211. The molecule has 0 N–H and O–H groups in total. The largest absolute Gasteiger partial charge is 0.338 e. The van der Waals surface area contributed by atoms with Gasteiger partial charge in [-0.05, 0) is 36.7 Å². The lowest BCUT2D eigenvalue weighted by Gasteiger charge is -2.29. The van der Waals surface area contributed by atoms with Crippen LogP contribution in [0.1, 0.15) is 6.42 Å². The summed E-state index contributed by atoms with van der Waals surface area (Å²) >= 11 is 0. The topological polar surface area (TPSA) is 17.8 Å². The molecule has 3 rings (SSSR count). The van der Waals surface area contributed by atoms with Crippen LogP contribution in [0.3, 0.4) is 0 Å². The monoisotopic (exact) mass is 342 g/mol. The summed E-state index contributed by atoms with van der Waals surface area (Å²) in [4.78, 5) is 4.06. The maximum Gasteiger partial charge on any atom is 0.123 e. The molecular weight excluding hydrogens is 322 g/mol. The molecular formula is C19H20F2N2Si. The first-order chi connectivity index (χ1) is 11.6. The molecule has 5 heteroatoms. The van der Waals surface area contributed by atoms with Crippen molar-refractivity contribution >= 4 is 18.4 Å². The van der Waals surface area contributed by atoms with Crippen LogP contribution in [-0.4, -0.2) is 17.6 Å². The smallest absolute Gasteiger partial charge is 0.123 e. The number of aryl methyl sites for hydroxylation is 1. The quantitative estimate of drug-likeness (QED) is 0.628. The predicted octanol–water partition coefficient (Wildman–Crippen LogP) is 3.44. The van der Waals surface area contributed by atoms with Crippen molar-refractivity contribution < 1.29 is 8.78 Å². The molecule has 0 aliphatic rings. The highest BCUT2D eigenvalue weighted by atomic mass is 28.3. The van der Waals surface area contributed by atoms with Gasteiger partial charge in [0.15, 0.2) is 0 Å². The van der Waals surface area contributed by atoms with E-state index in [2.05, 4.69) is 16.1 Å². The summed E-state index contributed by atoms with van der Waals surface area (Å²) in [7, 11) is -2.05. The molecule has 0 spiro atoms. The first-order valence-corrected chi connectivity index (χ1v) is 10.8. The Morgan fingerprint density at radius 3 is 1.92 bits per heavy atom. The lowest BCUT2D eigenvalue weighted by molar-refractivity contribution is 0.628. The second-order valence-electron chi connectivity index (χ2n) is 6.25. The average molecular weight is 342 g/mol. The van der Waals surface area contributed by atoms with Crippen molar-refractivity contribution in [1.82, 2.24) is 9.55 Å². The molecule has 124 valence electrons. The van der Waals surface area contributed by atoms with Gasteiger partial charge in [0, 0.05) is 18.9 Å². The molecule has 0 aliphatic carbocycles. The van der Waals surface area contributed by atoms with E-state index in [0.717, 1.165) is 19.0 Å². The van der Waals surface area contributed by atoms with E-state index in [1.54, 1.807) is 6.20 Å². The fourth-order valence-electron chi connectivity index (χ4n) is 3.13. The highest BCUT2D eigenvalue weighted by molar-refractivity contribution is 7.01. The zero-order chi connectivity index (χ0) is 17.0. The van der Waals surface area contributed by atoms with Crippen LogP contribution in [0.25, 0.3) is 0 Å². The van der Waals surface area contributed by atoms with Gasteiger partial charge in [-0.25, -0.2) is 13.8 Å².